The Kier molecular flexibility index (Phi) is 8.68. The fourth-order valence-electron chi connectivity index (χ4n) is 3.82. The number of carbonyl (C=O) groups is 1. The van der Waals surface area contributed by atoms with Crippen molar-refractivity contribution in [3.8, 4) is 11.5 Å². The Morgan fingerprint density at radius 2 is 1.61 bits per heavy atom. The molecule has 9 heteroatoms. The van der Waals surface area contributed by atoms with Gasteiger partial charge in [0.1, 0.15) is 5.82 Å². The Labute approximate surface area is 194 Å². The summed E-state index contributed by atoms with van der Waals surface area (Å²) in [7, 11) is -3.52. The number of nitrogens with one attached hydrogen (secondary N) is 1. The van der Waals surface area contributed by atoms with E-state index in [0.717, 1.165) is 5.56 Å². The van der Waals surface area contributed by atoms with Crippen molar-refractivity contribution < 1.29 is 27.1 Å². The number of nitrogens with zero attached hydrogens (tertiary/aromatic N) is 1. The summed E-state index contributed by atoms with van der Waals surface area (Å²) in [5.41, 5.74) is 1.44. The molecule has 2 aromatic rings. The van der Waals surface area contributed by atoms with Gasteiger partial charge in [-0.3, -0.25) is 4.79 Å². The molecule has 1 heterocycles. The number of sulfonamides is 1. The van der Waals surface area contributed by atoms with Crippen molar-refractivity contribution >= 4 is 15.9 Å². The summed E-state index contributed by atoms with van der Waals surface area (Å²) in [5.74, 6) is 0.412. The van der Waals surface area contributed by atoms with E-state index in [0.29, 0.717) is 62.8 Å². The first kappa shape index (κ1) is 25.0. The maximum Gasteiger partial charge on any atom is 0.223 e. The predicted octanol–water partition coefficient (Wildman–Crippen LogP) is 3.48. The van der Waals surface area contributed by atoms with Gasteiger partial charge in [-0.2, -0.15) is 0 Å². The molecule has 1 aliphatic heterocycles. The topological polar surface area (TPSA) is 84.9 Å². The SMILES string of the molecule is CCOc1ccc(CNC(=O)C2CCN(S(=O)(=O)Cc3ccc(F)cc3)CC2)cc1OCC. The van der Waals surface area contributed by atoms with Gasteiger partial charge < -0.3 is 14.8 Å². The average molecular weight is 479 g/mol. The number of rotatable bonds is 10. The Bertz CT molecular complexity index is 1040. The molecule has 1 fully saturated rings. The Balaban J connectivity index is 1.51. The monoisotopic (exact) mass is 478 g/mol. The van der Waals surface area contributed by atoms with Gasteiger partial charge in [0.25, 0.3) is 0 Å². The number of hydrogen-bond acceptors (Lipinski definition) is 5. The van der Waals surface area contributed by atoms with Gasteiger partial charge in [-0.05, 0) is 62.1 Å². The Morgan fingerprint density at radius 3 is 2.24 bits per heavy atom. The quantitative estimate of drug-likeness (QED) is 0.565. The van der Waals surface area contributed by atoms with Gasteiger partial charge in [-0.1, -0.05) is 18.2 Å². The van der Waals surface area contributed by atoms with Crippen LogP contribution in [0, 0.1) is 11.7 Å². The van der Waals surface area contributed by atoms with E-state index in [9.17, 15) is 17.6 Å². The first-order chi connectivity index (χ1) is 15.8. The molecule has 1 N–H and O–H groups in total. The lowest BCUT2D eigenvalue weighted by molar-refractivity contribution is -0.126. The molecule has 1 saturated heterocycles. The molecule has 7 nitrogen and oxygen atoms in total. The van der Waals surface area contributed by atoms with Crippen LogP contribution in [0.2, 0.25) is 0 Å². The molecule has 0 bridgehead atoms. The van der Waals surface area contributed by atoms with Crippen LogP contribution in [-0.4, -0.2) is 44.9 Å². The molecule has 0 spiro atoms. The normalized spacial score (nSPS) is 15.2. The number of amides is 1. The van der Waals surface area contributed by atoms with Crippen LogP contribution < -0.4 is 14.8 Å². The van der Waals surface area contributed by atoms with Crippen molar-refractivity contribution in [1.29, 1.82) is 0 Å². The molecule has 0 aliphatic carbocycles. The predicted molar refractivity (Wildman–Crippen MR) is 124 cm³/mol. The van der Waals surface area contributed by atoms with E-state index in [2.05, 4.69) is 5.32 Å². The maximum absolute atomic E-state index is 13.1. The smallest absolute Gasteiger partial charge is 0.223 e. The summed E-state index contributed by atoms with van der Waals surface area (Å²) < 4.78 is 51.1. The minimum Gasteiger partial charge on any atom is -0.490 e. The molecular weight excluding hydrogens is 447 g/mol. The Morgan fingerprint density at radius 1 is 1.00 bits per heavy atom. The van der Waals surface area contributed by atoms with Gasteiger partial charge in [0, 0.05) is 25.6 Å². The zero-order valence-electron chi connectivity index (χ0n) is 19.1. The van der Waals surface area contributed by atoms with E-state index in [1.807, 2.05) is 32.0 Å². The highest BCUT2D eigenvalue weighted by Crippen LogP contribution is 2.29. The fourth-order valence-corrected chi connectivity index (χ4v) is 5.38. The molecule has 1 amide bonds. The third kappa shape index (κ3) is 6.91. The second-order valence-corrected chi connectivity index (χ2v) is 9.89. The van der Waals surface area contributed by atoms with Crippen LogP contribution in [-0.2, 0) is 27.1 Å². The van der Waals surface area contributed by atoms with Crippen LogP contribution in [0.1, 0.15) is 37.8 Å². The van der Waals surface area contributed by atoms with Gasteiger partial charge in [-0.25, -0.2) is 17.1 Å². The zero-order valence-corrected chi connectivity index (χ0v) is 19.9. The highest BCUT2D eigenvalue weighted by molar-refractivity contribution is 7.88. The van der Waals surface area contributed by atoms with Crippen LogP contribution in [0.4, 0.5) is 4.39 Å². The summed E-state index contributed by atoms with van der Waals surface area (Å²) in [6.07, 6.45) is 0.921. The highest BCUT2D eigenvalue weighted by atomic mass is 32.2. The summed E-state index contributed by atoms with van der Waals surface area (Å²) in [5, 5.41) is 2.95. The van der Waals surface area contributed by atoms with Crippen LogP contribution in [0.3, 0.4) is 0 Å². The van der Waals surface area contributed by atoms with Crippen molar-refractivity contribution in [2.45, 2.75) is 39.0 Å². The van der Waals surface area contributed by atoms with E-state index in [4.69, 9.17) is 9.47 Å². The van der Waals surface area contributed by atoms with Crippen LogP contribution in [0.15, 0.2) is 42.5 Å². The van der Waals surface area contributed by atoms with Gasteiger partial charge in [0.05, 0.1) is 19.0 Å². The first-order valence-corrected chi connectivity index (χ1v) is 12.8. The molecule has 0 saturated carbocycles. The molecule has 3 rings (SSSR count). The number of hydrogen-bond donors (Lipinski definition) is 1. The summed E-state index contributed by atoms with van der Waals surface area (Å²) >= 11 is 0. The molecule has 0 radical (unpaired) electrons. The lowest BCUT2D eigenvalue weighted by Crippen LogP contribution is -2.43. The van der Waals surface area contributed by atoms with Crippen molar-refractivity contribution in [1.82, 2.24) is 9.62 Å². The molecule has 0 atom stereocenters. The van der Waals surface area contributed by atoms with Crippen molar-refractivity contribution in [2.75, 3.05) is 26.3 Å². The van der Waals surface area contributed by atoms with Gasteiger partial charge in [-0.15, -0.1) is 0 Å². The lowest BCUT2D eigenvalue weighted by Gasteiger charge is -2.30. The summed E-state index contributed by atoms with van der Waals surface area (Å²) in [6.45, 7) is 5.79. The number of carbonyl (C=O) groups excluding carboxylic acids is 1. The molecule has 180 valence electrons. The fraction of sp³-hybridized carbons (Fsp3) is 0.458. The van der Waals surface area contributed by atoms with Gasteiger partial charge in [0.15, 0.2) is 11.5 Å². The standard InChI is InChI=1S/C24H31FN2O5S/c1-3-31-22-10-7-19(15-23(22)32-4-2)16-26-24(28)20-11-13-27(14-12-20)33(29,30)17-18-5-8-21(25)9-6-18/h5-10,15,20H,3-4,11-14,16-17H2,1-2H3,(H,26,28). The third-order valence-corrected chi connectivity index (χ3v) is 7.41. The van der Waals surface area contributed by atoms with Gasteiger partial charge >= 0.3 is 0 Å². The zero-order chi connectivity index (χ0) is 23.8. The van der Waals surface area contributed by atoms with E-state index in [1.54, 1.807) is 0 Å². The maximum atomic E-state index is 13.1. The molecule has 0 aromatic heterocycles. The van der Waals surface area contributed by atoms with E-state index in [1.165, 1.54) is 28.6 Å². The second-order valence-electron chi connectivity index (χ2n) is 7.92. The van der Waals surface area contributed by atoms with Crippen LogP contribution in [0.25, 0.3) is 0 Å². The average Bonchev–Trinajstić information content (AvgIpc) is 2.81. The molecule has 33 heavy (non-hydrogen) atoms. The lowest BCUT2D eigenvalue weighted by atomic mass is 9.97. The summed E-state index contributed by atoms with van der Waals surface area (Å²) in [6, 6.07) is 11.0. The molecular formula is C24H31FN2O5S. The number of halogens is 1. The first-order valence-electron chi connectivity index (χ1n) is 11.2. The minimum absolute atomic E-state index is 0.0857. The molecule has 1 aliphatic rings. The van der Waals surface area contributed by atoms with Crippen molar-refractivity contribution in [2.24, 2.45) is 5.92 Å². The number of benzene rings is 2. The number of piperidine rings is 1. The van der Waals surface area contributed by atoms with E-state index < -0.39 is 15.8 Å². The third-order valence-electron chi connectivity index (χ3n) is 5.55. The highest BCUT2D eigenvalue weighted by Gasteiger charge is 2.31. The summed E-state index contributed by atoms with van der Waals surface area (Å²) in [4.78, 5) is 12.7. The van der Waals surface area contributed by atoms with Crippen LogP contribution >= 0.6 is 0 Å². The largest absolute Gasteiger partial charge is 0.490 e. The van der Waals surface area contributed by atoms with E-state index >= 15 is 0 Å². The van der Waals surface area contributed by atoms with Crippen molar-refractivity contribution in [3.05, 3.63) is 59.4 Å². The van der Waals surface area contributed by atoms with E-state index in [-0.39, 0.29) is 17.6 Å². The second kappa shape index (κ2) is 11.5. The molecule has 2 aromatic carbocycles. The van der Waals surface area contributed by atoms with Crippen molar-refractivity contribution in [3.63, 3.8) is 0 Å². The minimum atomic E-state index is -3.52. The van der Waals surface area contributed by atoms with Gasteiger partial charge in [0.2, 0.25) is 15.9 Å². The number of ether oxygens (including phenoxy) is 2. The molecule has 0 unspecified atom stereocenters. The Hall–Kier alpha value is -2.65. The van der Waals surface area contributed by atoms with Crippen LogP contribution in [0.5, 0.6) is 11.5 Å².